The van der Waals surface area contributed by atoms with Crippen LogP contribution in [-0.4, -0.2) is 30.8 Å². The smallest absolute Gasteiger partial charge is 0.408 e. The maximum absolute atomic E-state index is 10.8. The van der Waals surface area contributed by atoms with E-state index in [1.807, 2.05) is 10.8 Å². The molecule has 0 bridgehead atoms. The molecule has 5 heteroatoms. The van der Waals surface area contributed by atoms with Crippen molar-refractivity contribution < 1.29 is 9.53 Å². The molecule has 1 amide bonds. The molecule has 80 valence electrons. The summed E-state index contributed by atoms with van der Waals surface area (Å²) in [4.78, 5) is 10.8. The summed E-state index contributed by atoms with van der Waals surface area (Å²) in [7, 11) is 3.56. The Morgan fingerprint density at radius 1 is 1.50 bits per heavy atom. The molecule has 0 saturated heterocycles. The van der Waals surface area contributed by atoms with Crippen molar-refractivity contribution in [2.45, 2.75) is 13.3 Å². The predicted octanol–water partition coefficient (Wildman–Crippen LogP) is 2.14. The predicted molar refractivity (Wildman–Crippen MR) is 63.4 cm³/mol. The first-order valence-electron chi connectivity index (χ1n) is 4.39. The highest BCUT2D eigenvalue weighted by Crippen LogP contribution is 2.20. The quantitative estimate of drug-likeness (QED) is 0.415. The number of nitrogens with one attached hydrogen (secondary N) is 1. The summed E-state index contributed by atoms with van der Waals surface area (Å²) >= 11 is 0. The number of hydrogen-bond acceptors (Lipinski definition) is 4. The summed E-state index contributed by atoms with van der Waals surface area (Å²) in [5.41, 5.74) is 0. The van der Waals surface area contributed by atoms with E-state index in [-0.39, 0.29) is 6.61 Å². The molecule has 0 aromatic heterocycles. The molecule has 0 atom stereocenters. The fraction of sp³-hybridized carbons (Fsp3) is 0.667. The Hall–Kier alpha value is -0.470. The number of carbonyl (C=O) groups excluding carboxylic acids is 1. The van der Waals surface area contributed by atoms with Crippen LogP contribution in [0.2, 0.25) is 0 Å². The van der Waals surface area contributed by atoms with E-state index in [0.717, 1.165) is 11.5 Å². The molecule has 0 aromatic rings. The van der Waals surface area contributed by atoms with Crippen molar-refractivity contribution in [2.24, 2.45) is 0 Å². The van der Waals surface area contributed by atoms with Gasteiger partial charge in [-0.25, -0.2) is 4.79 Å². The van der Waals surface area contributed by atoms with Crippen LogP contribution in [0.4, 0.5) is 4.79 Å². The molecule has 3 nitrogen and oxygen atoms in total. The lowest BCUT2D eigenvalue weighted by Gasteiger charge is -2.03. The van der Waals surface area contributed by atoms with Gasteiger partial charge in [-0.3, -0.25) is 0 Å². The van der Waals surface area contributed by atoms with Gasteiger partial charge < -0.3 is 10.1 Å². The van der Waals surface area contributed by atoms with Crippen molar-refractivity contribution in [1.82, 2.24) is 5.32 Å². The van der Waals surface area contributed by atoms with Crippen LogP contribution < -0.4 is 5.32 Å². The zero-order valence-electron chi connectivity index (χ0n) is 8.25. The first-order valence-corrected chi connectivity index (χ1v) is 6.88. The number of rotatable bonds is 7. The Bertz CT molecular complexity index is 192. The third-order valence-corrected chi connectivity index (χ3v) is 3.72. The second-order valence-electron chi connectivity index (χ2n) is 2.35. The van der Waals surface area contributed by atoms with E-state index in [1.54, 1.807) is 10.8 Å². The van der Waals surface area contributed by atoms with Crippen molar-refractivity contribution >= 4 is 27.7 Å². The highest BCUT2D eigenvalue weighted by Gasteiger charge is 1.98. The lowest BCUT2D eigenvalue weighted by Crippen LogP contribution is -2.26. The van der Waals surface area contributed by atoms with Crippen molar-refractivity contribution in [3.05, 3.63) is 0 Å². The van der Waals surface area contributed by atoms with E-state index in [0.29, 0.717) is 6.54 Å². The molecule has 0 aromatic carbocycles. The van der Waals surface area contributed by atoms with E-state index < -0.39 is 6.09 Å². The van der Waals surface area contributed by atoms with E-state index >= 15 is 0 Å². The van der Waals surface area contributed by atoms with Gasteiger partial charge in [-0.1, -0.05) is 34.4 Å². The van der Waals surface area contributed by atoms with E-state index in [1.165, 1.54) is 6.42 Å². The van der Waals surface area contributed by atoms with Crippen LogP contribution >= 0.6 is 21.6 Å². The molecule has 1 N–H and O–H groups in total. The molecule has 0 aliphatic carbocycles. The SMILES string of the molecule is C#CCOC(=O)NCCSSCCC. The Balaban J connectivity index is 3.11. The molecule has 14 heavy (non-hydrogen) atoms. The average Bonchev–Trinajstić information content (AvgIpc) is 2.20. The molecule has 0 rings (SSSR count). The van der Waals surface area contributed by atoms with E-state index in [9.17, 15) is 4.79 Å². The molecule has 0 aliphatic rings. The van der Waals surface area contributed by atoms with E-state index in [4.69, 9.17) is 6.42 Å². The van der Waals surface area contributed by atoms with E-state index in [2.05, 4.69) is 22.9 Å². The average molecular weight is 233 g/mol. The van der Waals surface area contributed by atoms with Gasteiger partial charge in [0.15, 0.2) is 6.61 Å². The van der Waals surface area contributed by atoms with Crippen molar-refractivity contribution in [2.75, 3.05) is 24.7 Å². The van der Waals surface area contributed by atoms with Gasteiger partial charge in [0.1, 0.15) is 0 Å². The molecule has 0 unspecified atom stereocenters. The third-order valence-electron chi connectivity index (χ3n) is 1.11. The summed E-state index contributed by atoms with van der Waals surface area (Å²) in [6.07, 6.45) is 5.66. The standard InChI is InChI=1S/C9H15NO2S2/c1-3-6-12-9(11)10-5-8-14-13-7-4-2/h1H,4-8H2,2H3,(H,10,11). The number of amides is 1. The van der Waals surface area contributed by atoms with Crippen LogP contribution in [-0.2, 0) is 4.74 Å². The van der Waals surface area contributed by atoms with Gasteiger partial charge in [0.25, 0.3) is 0 Å². The van der Waals surface area contributed by atoms with Crippen LogP contribution in [0, 0.1) is 12.3 Å². The molecule has 0 fully saturated rings. The minimum atomic E-state index is -0.441. The summed E-state index contributed by atoms with van der Waals surface area (Å²) in [6, 6.07) is 0. The topological polar surface area (TPSA) is 38.3 Å². The summed E-state index contributed by atoms with van der Waals surface area (Å²) in [6.45, 7) is 2.79. The molecule has 0 radical (unpaired) electrons. The van der Waals surface area contributed by atoms with Crippen molar-refractivity contribution in [3.63, 3.8) is 0 Å². The minimum Gasteiger partial charge on any atom is -0.436 e. The number of ether oxygens (including phenoxy) is 1. The molecule has 0 spiro atoms. The van der Waals surface area contributed by atoms with Gasteiger partial charge in [0, 0.05) is 18.1 Å². The van der Waals surface area contributed by atoms with Gasteiger partial charge in [0.05, 0.1) is 0 Å². The molecular formula is C9H15NO2S2. The van der Waals surface area contributed by atoms with Gasteiger partial charge in [-0.05, 0) is 6.42 Å². The highest BCUT2D eigenvalue weighted by atomic mass is 33.1. The van der Waals surface area contributed by atoms with Gasteiger partial charge in [0.2, 0.25) is 0 Å². The monoisotopic (exact) mass is 233 g/mol. The van der Waals surface area contributed by atoms with Crippen molar-refractivity contribution in [3.8, 4) is 12.3 Å². The molecule has 0 aliphatic heterocycles. The Morgan fingerprint density at radius 3 is 2.86 bits per heavy atom. The fourth-order valence-electron chi connectivity index (χ4n) is 0.554. The number of terminal acetylenes is 1. The first-order chi connectivity index (χ1) is 6.81. The van der Waals surface area contributed by atoms with Crippen LogP contribution in [0.15, 0.2) is 0 Å². The first kappa shape index (κ1) is 13.5. The van der Waals surface area contributed by atoms with Crippen LogP contribution in [0.3, 0.4) is 0 Å². The third kappa shape index (κ3) is 9.62. The Morgan fingerprint density at radius 2 is 2.21 bits per heavy atom. The normalized spacial score (nSPS) is 9.14. The summed E-state index contributed by atoms with van der Waals surface area (Å²) in [5.74, 6) is 4.25. The minimum absolute atomic E-state index is 0.0313. The maximum Gasteiger partial charge on any atom is 0.408 e. The summed E-state index contributed by atoms with van der Waals surface area (Å²) < 4.78 is 4.62. The largest absolute Gasteiger partial charge is 0.436 e. The second-order valence-corrected chi connectivity index (χ2v) is 5.05. The maximum atomic E-state index is 10.8. The van der Waals surface area contributed by atoms with Gasteiger partial charge in [-0.15, -0.1) is 6.42 Å². The lowest BCUT2D eigenvalue weighted by atomic mass is 10.6. The zero-order chi connectivity index (χ0) is 10.6. The van der Waals surface area contributed by atoms with Crippen LogP contribution in [0.25, 0.3) is 0 Å². The summed E-state index contributed by atoms with van der Waals surface area (Å²) in [5, 5.41) is 2.60. The number of alkyl carbamates (subject to hydrolysis) is 1. The fourth-order valence-corrected chi connectivity index (χ4v) is 2.60. The molecule has 0 heterocycles. The Kier molecular flexibility index (Phi) is 10.3. The lowest BCUT2D eigenvalue weighted by molar-refractivity contribution is 0.161. The number of hydrogen-bond donors (Lipinski definition) is 1. The van der Waals surface area contributed by atoms with Gasteiger partial charge in [-0.2, -0.15) is 0 Å². The van der Waals surface area contributed by atoms with Crippen LogP contribution in [0.5, 0.6) is 0 Å². The van der Waals surface area contributed by atoms with Crippen molar-refractivity contribution in [1.29, 1.82) is 0 Å². The molecular weight excluding hydrogens is 218 g/mol. The number of carbonyl (C=O) groups is 1. The zero-order valence-corrected chi connectivity index (χ0v) is 9.88. The van der Waals surface area contributed by atoms with Gasteiger partial charge >= 0.3 is 6.09 Å². The Labute approximate surface area is 93.1 Å². The second kappa shape index (κ2) is 10.6. The molecule has 0 saturated carbocycles. The highest BCUT2D eigenvalue weighted by molar-refractivity contribution is 8.76. The van der Waals surface area contributed by atoms with Crippen LogP contribution in [0.1, 0.15) is 13.3 Å².